The topological polar surface area (TPSA) is 51.8 Å². The molecule has 0 aliphatic rings. The number of furan rings is 1. The Morgan fingerprint density at radius 2 is 0.978 bits per heavy atom. The molecular formula is C41H24BN3O. The minimum Gasteiger partial charge on any atom is -0.456 e. The first-order valence-corrected chi connectivity index (χ1v) is 15.2. The molecular weight excluding hydrogens is 561 g/mol. The van der Waals surface area contributed by atoms with Crippen molar-refractivity contribution in [2.45, 2.75) is 0 Å². The number of hydrogen-bond acceptors (Lipinski definition) is 4. The van der Waals surface area contributed by atoms with E-state index in [9.17, 15) is 0 Å². The fraction of sp³-hybridized carbons (Fsp3) is 0. The quantitative estimate of drug-likeness (QED) is 0.193. The van der Waals surface area contributed by atoms with Crippen molar-refractivity contribution >= 4 is 56.8 Å². The van der Waals surface area contributed by atoms with Gasteiger partial charge in [-0.05, 0) is 50.9 Å². The minimum atomic E-state index is 0.577. The molecule has 0 unspecified atom stereocenters. The van der Waals surface area contributed by atoms with Gasteiger partial charge in [0.1, 0.15) is 19.0 Å². The predicted molar refractivity (Wildman–Crippen MR) is 189 cm³/mol. The molecule has 9 aromatic rings. The van der Waals surface area contributed by atoms with Gasteiger partial charge in [-0.2, -0.15) is 0 Å². The molecule has 4 nitrogen and oxygen atoms in total. The number of hydrogen-bond donors (Lipinski definition) is 0. The van der Waals surface area contributed by atoms with Crippen molar-refractivity contribution in [3.8, 4) is 45.3 Å². The van der Waals surface area contributed by atoms with Crippen molar-refractivity contribution in [3.63, 3.8) is 0 Å². The first kappa shape index (κ1) is 26.3. The Hall–Kier alpha value is -6.07. The zero-order valence-electron chi connectivity index (χ0n) is 24.7. The molecule has 2 radical (unpaired) electrons. The lowest BCUT2D eigenvalue weighted by Gasteiger charge is -2.11. The normalized spacial score (nSPS) is 11.6. The van der Waals surface area contributed by atoms with E-state index in [2.05, 4.69) is 103 Å². The van der Waals surface area contributed by atoms with Crippen LogP contribution >= 0.6 is 0 Å². The van der Waals surface area contributed by atoms with E-state index in [-0.39, 0.29) is 0 Å². The fourth-order valence-corrected chi connectivity index (χ4v) is 6.36. The van der Waals surface area contributed by atoms with Crippen LogP contribution in [0.25, 0.3) is 88.8 Å². The van der Waals surface area contributed by atoms with E-state index in [1.54, 1.807) is 0 Å². The highest BCUT2D eigenvalue weighted by molar-refractivity contribution is 6.32. The molecule has 2 heterocycles. The molecule has 0 saturated heterocycles. The molecule has 212 valence electrons. The molecule has 0 atom stereocenters. The van der Waals surface area contributed by atoms with Crippen molar-refractivity contribution in [2.75, 3.05) is 0 Å². The first-order valence-electron chi connectivity index (χ1n) is 15.2. The van der Waals surface area contributed by atoms with Gasteiger partial charge in [0.25, 0.3) is 0 Å². The molecule has 0 aliphatic carbocycles. The van der Waals surface area contributed by atoms with Crippen LogP contribution in [0, 0.1) is 0 Å². The molecule has 0 bridgehead atoms. The maximum absolute atomic E-state index is 6.37. The van der Waals surface area contributed by atoms with Crippen molar-refractivity contribution in [3.05, 3.63) is 146 Å². The zero-order chi connectivity index (χ0) is 30.6. The maximum Gasteiger partial charge on any atom is 0.164 e. The summed E-state index contributed by atoms with van der Waals surface area (Å²) in [6, 6.07) is 49.6. The second-order valence-electron chi connectivity index (χ2n) is 11.5. The van der Waals surface area contributed by atoms with Crippen LogP contribution in [0.3, 0.4) is 0 Å². The third kappa shape index (κ3) is 4.44. The number of nitrogens with zero attached hydrogens (tertiary/aromatic N) is 3. The maximum atomic E-state index is 6.37. The molecule has 0 saturated carbocycles. The van der Waals surface area contributed by atoms with E-state index < -0.39 is 0 Å². The van der Waals surface area contributed by atoms with Crippen LogP contribution in [0.15, 0.2) is 150 Å². The van der Waals surface area contributed by atoms with Gasteiger partial charge < -0.3 is 4.42 Å². The van der Waals surface area contributed by atoms with Crippen LogP contribution in [0.5, 0.6) is 0 Å². The van der Waals surface area contributed by atoms with Crippen LogP contribution in [0.1, 0.15) is 0 Å². The Balaban J connectivity index is 1.23. The Kier molecular flexibility index (Phi) is 6.03. The standard InChI is InChI=1S/C41H24BN3O/c42-31-21-19-28(20-22-31)40-43-39(27-17-15-26(16-18-27)33-12-5-10-25-7-3-4-11-32(25)33)44-41(45-40)34-13-6-14-36-38(34)35-23-29-8-1-2-9-30(29)24-37(35)46-36/h1-24H. The summed E-state index contributed by atoms with van der Waals surface area (Å²) < 4.78 is 6.37. The molecule has 0 N–H and O–H groups in total. The summed E-state index contributed by atoms with van der Waals surface area (Å²) in [5, 5.41) is 6.73. The number of rotatable bonds is 4. The van der Waals surface area contributed by atoms with E-state index in [1.807, 2.05) is 42.5 Å². The van der Waals surface area contributed by atoms with Gasteiger partial charge in [-0.15, -0.1) is 0 Å². The lowest BCUT2D eigenvalue weighted by atomic mass is 9.95. The van der Waals surface area contributed by atoms with Gasteiger partial charge >= 0.3 is 0 Å². The highest BCUT2D eigenvalue weighted by Gasteiger charge is 2.18. The summed E-state index contributed by atoms with van der Waals surface area (Å²) in [5.41, 5.74) is 7.28. The summed E-state index contributed by atoms with van der Waals surface area (Å²) in [4.78, 5) is 15.1. The van der Waals surface area contributed by atoms with Crippen molar-refractivity contribution in [2.24, 2.45) is 0 Å². The smallest absolute Gasteiger partial charge is 0.164 e. The Morgan fingerprint density at radius 3 is 1.74 bits per heavy atom. The van der Waals surface area contributed by atoms with E-state index in [4.69, 9.17) is 27.2 Å². The van der Waals surface area contributed by atoms with E-state index in [1.165, 1.54) is 16.3 Å². The number of aromatic nitrogens is 3. The largest absolute Gasteiger partial charge is 0.456 e. The predicted octanol–water partition coefficient (Wildman–Crippen LogP) is 9.54. The Morgan fingerprint density at radius 1 is 0.413 bits per heavy atom. The van der Waals surface area contributed by atoms with E-state index >= 15 is 0 Å². The lowest BCUT2D eigenvalue weighted by Crippen LogP contribution is -2.03. The average molecular weight is 585 g/mol. The van der Waals surface area contributed by atoms with Gasteiger partial charge in [-0.1, -0.05) is 133 Å². The van der Waals surface area contributed by atoms with Gasteiger partial charge in [-0.25, -0.2) is 15.0 Å². The van der Waals surface area contributed by atoms with Gasteiger partial charge in [0.05, 0.1) is 0 Å². The van der Waals surface area contributed by atoms with Gasteiger partial charge in [0.15, 0.2) is 17.5 Å². The lowest BCUT2D eigenvalue weighted by molar-refractivity contribution is 0.669. The van der Waals surface area contributed by atoms with E-state index in [0.29, 0.717) is 22.9 Å². The second-order valence-corrected chi connectivity index (χ2v) is 11.5. The van der Waals surface area contributed by atoms with Crippen LogP contribution in [0.4, 0.5) is 0 Å². The summed E-state index contributed by atoms with van der Waals surface area (Å²) in [6.07, 6.45) is 0. The van der Waals surface area contributed by atoms with Crippen molar-refractivity contribution < 1.29 is 4.42 Å². The summed E-state index contributed by atoms with van der Waals surface area (Å²) in [6.45, 7) is 0. The fourth-order valence-electron chi connectivity index (χ4n) is 6.36. The molecule has 0 spiro atoms. The van der Waals surface area contributed by atoms with Crippen LogP contribution < -0.4 is 5.46 Å². The molecule has 0 fully saturated rings. The summed E-state index contributed by atoms with van der Waals surface area (Å²) >= 11 is 0. The second kappa shape index (κ2) is 10.5. The van der Waals surface area contributed by atoms with Crippen LogP contribution in [0.2, 0.25) is 0 Å². The SMILES string of the molecule is [B]c1ccc(-c2nc(-c3ccc(-c4cccc5ccccc45)cc3)nc(-c3cccc4oc5cc6ccccc6cc5c34)n2)cc1. The first-order chi connectivity index (χ1) is 22.7. The Bertz CT molecular complexity index is 2580. The molecule has 9 rings (SSSR count). The molecule has 0 aliphatic heterocycles. The van der Waals surface area contributed by atoms with Gasteiger partial charge in [0, 0.05) is 27.5 Å². The van der Waals surface area contributed by atoms with Crippen molar-refractivity contribution in [1.82, 2.24) is 15.0 Å². The molecule has 5 heteroatoms. The average Bonchev–Trinajstić information content (AvgIpc) is 3.48. The van der Waals surface area contributed by atoms with E-state index in [0.717, 1.165) is 55.0 Å². The number of benzene rings is 7. The van der Waals surface area contributed by atoms with Gasteiger partial charge in [0.2, 0.25) is 0 Å². The third-order valence-corrected chi connectivity index (χ3v) is 8.65. The third-order valence-electron chi connectivity index (χ3n) is 8.65. The molecule has 0 amide bonds. The Labute approximate surface area is 266 Å². The van der Waals surface area contributed by atoms with Crippen molar-refractivity contribution in [1.29, 1.82) is 0 Å². The van der Waals surface area contributed by atoms with Gasteiger partial charge in [-0.3, -0.25) is 0 Å². The molecule has 46 heavy (non-hydrogen) atoms. The molecule has 7 aromatic carbocycles. The number of fused-ring (bicyclic) bond motifs is 5. The molecule has 2 aromatic heterocycles. The summed E-state index contributed by atoms with van der Waals surface area (Å²) in [5.74, 6) is 1.75. The van der Waals surface area contributed by atoms with Crippen LogP contribution in [-0.4, -0.2) is 22.8 Å². The highest BCUT2D eigenvalue weighted by atomic mass is 16.3. The monoisotopic (exact) mass is 585 g/mol. The highest BCUT2D eigenvalue weighted by Crippen LogP contribution is 2.38. The minimum absolute atomic E-state index is 0.577. The van der Waals surface area contributed by atoms with Crippen LogP contribution in [-0.2, 0) is 0 Å². The summed E-state index contributed by atoms with van der Waals surface area (Å²) in [7, 11) is 6.02. The zero-order valence-corrected chi connectivity index (χ0v) is 24.7.